The molecule has 0 aromatic heterocycles. The molecular weight excluding hydrogens is 160 g/mol. The van der Waals surface area contributed by atoms with E-state index >= 15 is 0 Å². The number of rotatable bonds is 9. The predicted molar refractivity (Wildman–Crippen MR) is 60.2 cm³/mol. The maximum Gasteiger partial charge on any atom is -0.00248 e. The van der Waals surface area contributed by atoms with Gasteiger partial charge in [0.1, 0.15) is 0 Å². The predicted octanol–water partition coefficient (Wildman–Crippen LogP) is 2.11. The van der Waals surface area contributed by atoms with Crippen LogP contribution in [0.2, 0.25) is 0 Å². The number of nitrogens with zero attached hydrogens (tertiary/aromatic N) is 1. The molecule has 0 unspecified atom stereocenters. The summed E-state index contributed by atoms with van der Waals surface area (Å²) in [6.07, 6.45) is 8.32. The van der Waals surface area contributed by atoms with E-state index in [1.807, 2.05) is 7.05 Å². The Bertz CT molecular complexity index is 92.1. The standard InChI is InChI=1S/C11H26N2/c1-12-10-8-6-4-5-7-9-11-13(2)3/h12H,4-11H2,1-3H3. The minimum Gasteiger partial charge on any atom is -0.320 e. The number of unbranched alkanes of at least 4 members (excludes halogenated alkanes) is 5. The molecule has 1 N–H and O–H groups in total. The Kier molecular flexibility index (Phi) is 9.94. The van der Waals surface area contributed by atoms with Gasteiger partial charge in [0, 0.05) is 0 Å². The van der Waals surface area contributed by atoms with Crippen LogP contribution in [0.25, 0.3) is 0 Å². The maximum absolute atomic E-state index is 3.18. The average molecular weight is 186 g/mol. The van der Waals surface area contributed by atoms with Gasteiger partial charge in [-0.2, -0.15) is 0 Å². The number of nitrogens with one attached hydrogen (secondary N) is 1. The molecule has 0 aliphatic rings. The molecule has 0 atom stereocenters. The zero-order valence-corrected chi connectivity index (χ0v) is 9.60. The van der Waals surface area contributed by atoms with E-state index in [0.717, 1.165) is 0 Å². The van der Waals surface area contributed by atoms with Gasteiger partial charge in [0.15, 0.2) is 0 Å². The van der Waals surface area contributed by atoms with Crippen LogP contribution in [0.1, 0.15) is 38.5 Å². The van der Waals surface area contributed by atoms with E-state index in [1.165, 1.54) is 51.6 Å². The lowest BCUT2D eigenvalue weighted by molar-refractivity contribution is 0.389. The van der Waals surface area contributed by atoms with Gasteiger partial charge in [0.25, 0.3) is 0 Å². The van der Waals surface area contributed by atoms with Crippen molar-refractivity contribution in [3.8, 4) is 0 Å². The van der Waals surface area contributed by atoms with Gasteiger partial charge >= 0.3 is 0 Å². The van der Waals surface area contributed by atoms with E-state index in [4.69, 9.17) is 0 Å². The van der Waals surface area contributed by atoms with Crippen molar-refractivity contribution in [2.45, 2.75) is 38.5 Å². The van der Waals surface area contributed by atoms with E-state index < -0.39 is 0 Å². The first kappa shape index (κ1) is 12.9. The summed E-state index contributed by atoms with van der Waals surface area (Å²) >= 11 is 0. The second-order valence-electron chi connectivity index (χ2n) is 4.03. The molecule has 0 rings (SSSR count). The number of hydrogen-bond acceptors (Lipinski definition) is 2. The molecule has 80 valence electrons. The third-order valence-corrected chi connectivity index (χ3v) is 2.28. The second-order valence-corrected chi connectivity index (χ2v) is 4.03. The Morgan fingerprint density at radius 3 is 1.92 bits per heavy atom. The zero-order valence-electron chi connectivity index (χ0n) is 9.60. The molecule has 0 fully saturated rings. The quantitative estimate of drug-likeness (QED) is 0.555. The van der Waals surface area contributed by atoms with Crippen molar-refractivity contribution in [2.24, 2.45) is 0 Å². The Morgan fingerprint density at radius 2 is 1.38 bits per heavy atom. The third-order valence-electron chi connectivity index (χ3n) is 2.28. The molecule has 0 saturated carbocycles. The van der Waals surface area contributed by atoms with Gasteiger partial charge in [0.2, 0.25) is 0 Å². The fraction of sp³-hybridized carbons (Fsp3) is 1.00. The summed E-state index contributed by atoms with van der Waals surface area (Å²) in [5.41, 5.74) is 0. The van der Waals surface area contributed by atoms with Gasteiger partial charge in [-0.05, 0) is 47.1 Å². The molecule has 2 heteroatoms. The molecule has 0 saturated heterocycles. The van der Waals surface area contributed by atoms with Crippen LogP contribution in [0.4, 0.5) is 0 Å². The van der Waals surface area contributed by atoms with Gasteiger partial charge in [-0.1, -0.05) is 25.7 Å². The van der Waals surface area contributed by atoms with E-state index in [0.29, 0.717) is 0 Å². The highest BCUT2D eigenvalue weighted by Crippen LogP contribution is 2.04. The van der Waals surface area contributed by atoms with Gasteiger partial charge in [0.05, 0.1) is 0 Å². The highest BCUT2D eigenvalue weighted by molar-refractivity contribution is 4.49. The molecule has 0 radical (unpaired) electrons. The summed E-state index contributed by atoms with van der Waals surface area (Å²) in [4.78, 5) is 2.26. The van der Waals surface area contributed by atoms with Crippen LogP contribution in [0, 0.1) is 0 Å². The Morgan fingerprint density at radius 1 is 0.846 bits per heavy atom. The lowest BCUT2D eigenvalue weighted by Crippen LogP contribution is -2.12. The fourth-order valence-corrected chi connectivity index (χ4v) is 1.44. The monoisotopic (exact) mass is 186 g/mol. The molecule has 0 aromatic rings. The van der Waals surface area contributed by atoms with Crippen LogP contribution < -0.4 is 5.32 Å². The van der Waals surface area contributed by atoms with Crippen molar-refractivity contribution < 1.29 is 0 Å². The second kappa shape index (κ2) is 10.0. The minimum absolute atomic E-state index is 1.18. The van der Waals surface area contributed by atoms with Gasteiger partial charge in [-0.15, -0.1) is 0 Å². The van der Waals surface area contributed by atoms with Crippen molar-refractivity contribution in [1.29, 1.82) is 0 Å². The van der Waals surface area contributed by atoms with Crippen LogP contribution in [0.3, 0.4) is 0 Å². The zero-order chi connectivity index (χ0) is 9.94. The summed E-state index contributed by atoms with van der Waals surface area (Å²) in [5, 5.41) is 3.18. The van der Waals surface area contributed by atoms with Crippen LogP contribution in [-0.2, 0) is 0 Å². The summed E-state index contributed by atoms with van der Waals surface area (Å²) in [7, 11) is 6.32. The molecule has 0 aliphatic heterocycles. The van der Waals surface area contributed by atoms with Gasteiger partial charge in [-0.3, -0.25) is 0 Å². The molecule has 0 amide bonds. The molecule has 0 spiro atoms. The summed E-state index contributed by atoms with van der Waals surface area (Å²) in [6.45, 7) is 2.42. The molecule has 0 aromatic carbocycles. The number of hydrogen-bond donors (Lipinski definition) is 1. The Hall–Kier alpha value is -0.0800. The highest BCUT2D eigenvalue weighted by Gasteiger charge is 1.92. The molecule has 0 heterocycles. The first-order valence-electron chi connectivity index (χ1n) is 5.56. The van der Waals surface area contributed by atoms with Gasteiger partial charge in [-0.25, -0.2) is 0 Å². The summed E-state index contributed by atoms with van der Waals surface area (Å²) in [5.74, 6) is 0. The molecule has 2 nitrogen and oxygen atoms in total. The van der Waals surface area contributed by atoms with Crippen LogP contribution in [0.15, 0.2) is 0 Å². The maximum atomic E-state index is 3.18. The average Bonchev–Trinajstić information content (AvgIpc) is 2.09. The van der Waals surface area contributed by atoms with Crippen LogP contribution in [0.5, 0.6) is 0 Å². The minimum atomic E-state index is 1.18. The fourth-order valence-electron chi connectivity index (χ4n) is 1.44. The van der Waals surface area contributed by atoms with Crippen LogP contribution in [-0.4, -0.2) is 39.1 Å². The van der Waals surface area contributed by atoms with E-state index in [1.54, 1.807) is 0 Å². The molecular formula is C11H26N2. The summed E-state index contributed by atoms with van der Waals surface area (Å²) in [6, 6.07) is 0. The molecule has 0 bridgehead atoms. The smallest absolute Gasteiger partial charge is 0.00248 e. The highest BCUT2D eigenvalue weighted by atomic mass is 15.0. The lowest BCUT2D eigenvalue weighted by Gasteiger charge is -2.08. The summed E-state index contributed by atoms with van der Waals surface area (Å²) < 4.78 is 0. The first-order valence-corrected chi connectivity index (χ1v) is 5.56. The van der Waals surface area contributed by atoms with E-state index in [2.05, 4.69) is 24.3 Å². The van der Waals surface area contributed by atoms with Gasteiger partial charge < -0.3 is 10.2 Å². The van der Waals surface area contributed by atoms with Crippen molar-refractivity contribution in [3.05, 3.63) is 0 Å². The third kappa shape index (κ3) is 11.9. The largest absolute Gasteiger partial charge is 0.320 e. The van der Waals surface area contributed by atoms with E-state index in [9.17, 15) is 0 Å². The topological polar surface area (TPSA) is 15.3 Å². The molecule has 0 aliphatic carbocycles. The Balaban J connectivity index is 2.84. The normalized spacial score (nSPS) is 11.1. The molecule has 13 heavy (non-hydrogen) atoms. The van der Waals surface area contributed by atoms with E-state index in [-0.39, 0.29) is 0 Å². The lowest BCUT2D eigenvalue weighted by atomic mass is 10.1. The SMILES string of the molecule is CNCCCCCCCCN(C)C. The van der Waals surface area contributed by atoms with Crippen molar-refractivity contribution in [3.63, 3.8) is 0 Å². The first-order chi connectivity index (χ1) is 6.27. The van der Waals surface area contributed by atoms with Crippen molar-refractivity contribution in [2.75, 3.05) is 34.2 Å². The van der Waals surface area contributed by atoms with Crippen molar-refractivity contribution >= 4 is 0 Å². The van der Waals surface area contributed by atoms with Crippen molar-refractivity contribution in [1.82, 2.24) is 10.2 Å². The Labute approximate surface area is 83.7 Å². The van der Waals surface area contributed by atoms with Crippen LogP contribution >= 0.6 is 0 Å².